The van der Waals surface area contributed by atoms with Gasteiger partial charge in [-0.1, -0.05) is 0 Å². The van der Waals surface area contributed by atoms with Crippen LogP contribution in [0, 0.1) is 0 Å². The molecule has 0 saturated carbocycles. The van der Waals surface area contributed by atoms with Crippen molar-refractivity contribution in [1.82, 2.24) is 29.9 Å². The molecule has 38 heavy (non-hydrogen) atoms. The molecular weight excluding hydrogens is 476 g/mol. The van der Waals surface area contributed by atoms with Crippen molar-refractivity contribution in [2.75, 3.05) is 0 Å². The van der Waals surface area contributed by atoms with Crippen molar-refractivity contribution in [1.29, 1.82) is 0 Å². The number of fused-ring (bicyclic) bond motifs is 6. The van der Waals surface area contributed by atoms with Gasteiger partial charge in [0.15, 0.2) is 22.3 Å². The van der Waals surface area contributed by atoms with Crippen LogP contribution < -0.4 is 0 Å². The van der Waals surface area contributed by atoms with Crippen molar-refractivity contribution in [3.05, 3.63) is 98.1 Å². The normalized spacial score (nSPS) is 11.7. The maximum absolute atomic E-state index is 6.14. The van der Waals surface area contributed by atoms with Gasteiger partial charge < -0.3 is 8.83 Å². The summed E-state index contributed by atoms with van der Waals surface area (Å²) in [5, 5.41) is 0. The molecule has 0 N–H and O–H groups in total. The third-order valence-corrected chi connectivity index (χ3v) is 6.65. The Hall–Kier alpha value is -5.50. The number of hydrogen-bond donors (Lipinski definition) is 0. The zero-order chi connectivity index (χ0) is 25.1. The average Bonchev–Trinajstić information content (AvgIpc) is 3.56. The van der Waals surface area contributed by atoms with E-state index in [0.717, 1.165) is 55.4 Å². The van der Waals surface area contributed by atoms with Crippen LogP contribution in [-0.2, 0) is 0 Å². The molecule has 0 bridgehead atoms. The fraction of sp³-hybridized carbons (Fsp3) is 0. The molecule has 0 saturated heterocycles. The van der Waals surface area contributed by atoms with Crippen LogP contribution >= 0.6 is 0 Å². The third kappa shape index (κ3) is 3.10. The molecule has 8 nitrogen and oxygen atoms in total. The minimum atomic E-state index is 0.685. The summed E-state index contributed by atoms with van der Waals surface area (Å²) in [5.41, 5.74) is 11.2. The summed E-state index contributed by atoms with van der Waals surface area (Å²) in [6.07, 6.45) is 14.3. The number of hydrogen-bond acceptors (Lipinski definition) is 8. The van der Waals surface area contributed by atoms with Crippen molar-refractivity contribution in [2.45, 2.75) is 0 Å². The van der Waals surface area contributed by atoms with Crippen LogP contribution in [0.3, 0.4) is 0 Å². The van der Waals surface area contributed by atoms with Crippen LogP contribution in [0.15, 0.2) is 107 Å². The highest BCUT2D eigenvalue weighted by molar-refractivity contribution is 6.06. The van der Waals surface area contributed by atoms with Gasteiger partial charge in [0.2, 0.25) is 0 Å². The SMILES string of the molecule is c1cnc2c(c1)oc1c(-c3cncc(-c4cncc(-c5ccnc6c5oc5cccnc56)c4)c3)ccnc12. The lowest BCUT2D eigenvalue weighted by Crippen LogP contribution is -1.89. The smallest absolute Gasteiger partial charge is 0.163 e. The van der Waals surface area contributed by atoms with Gasteiger partial charge in [0.1, 0.15) is 22.1 Å². The van der Waals surface area contributed by atoms with E-state index in [9.17, 15) is 0 Å². The number of furan rings is 2. The molecule has 8 heterocycles. The molecule has 8 aromatic heterocycles. The highest BCUT2D eigenvalue weighted by atomic mass is 16.3. The minimum Gasteiger partial charge on any atom is -0.452 e. The molecule has 0 unspecified atom stereocenters. The van der Waals surface area contributed by atoms with E-state index < -0.39 is 0 Å². The molecule has 0 aromatic carbocycles. The molecule has 0 spiro atoms. The van der Waals surface area contributed by atoms with Crippen LogP contribution in [-0.4, -0.2) is 29.9 Å². The molecule has 8 rings (SSSR count). The van der Waals surface area contributed by atoms with Crippen molar-refractivity contribution < 1.29 is 8.83 Å². The van der Waals surface area contributed by atoms with Gasteiger partial charge in [0.25, 0.3) is 0 Å². The van der Waals surface area contributed by atoms with E-state index in [1.807, 2.05) is 61.2 Å². The lowest BCUT2D eigenvalue weighted by Gasteiger charge is -2.08. The summed E-state index contributed by atoms with van der Waals surface area (Å²) in [6, 6.07) is 15.5. The van der Waals surface area contributed by atoms with Crippen molar-refractivity contribution in [2.24, 2.45) is 0 Å². The predicted octanol–water partition coefficient (Wildman–Crippen LogP) is 6.86. The van der Waals surface area contributed by atoms with Gasteiger partial charge in [-0.15, -0.1) is 0 Å². The van der Waals surface area contributed by atoms with Gasteiger partial charge in [-0.05, 0) is 48.5 Å². The largest absolute Gasteiger partial charge is 0.452 e. The molecule has 178 valence electrons. The summed E-state index contributed by atoms with van der Waals surface area (Å²) in [4.78, 5) is 27.0. The van der Waals surface area contributed by atoms with E-state index in [4.69, 9.17) is 8.83 Å². The van der Waals surface area contributed by atoms with Crippen molar-refractivity contribution in [3.8, 4) is 33.4 Å². The lowest BCUT2D eigenvalue weighted by atomic mass is 10.0. The number of pyridine rings is 6. The summed E-state index contributed by atoms with van der Waals surface area (Å²) < 4.78 is 12.3. The Labute approximate surface area is 214 Å². The van der Waals surface area contributed by atoms with E-state index in [0.29, 0.717) is 22.3 Å². The van der Waals surface area contributed by atoms with Gasteiger partial charge in [0, 0.05) is 83.0 Å². The molecular formula is C30H16N6O2. The zero-order valence-corrected chi connectivity index (χ0v) is 19.7. The summed E-state index contributed by atoms with van der Waals surface area (Å²) >= 11 is 0. The molecule has 0 aliphatic rings. The maximum atomic E-state index is 6.14. The first-order chi connectivity index (χ1) is 18.8. The van der Waals surface area contributed by atoms with E-state index >= 15 is 0 Å². The lowest BCUT2D eigenvalue weighted by molar-refractivity contribution is 0.668. The van der Waals surface area contributed by atoms with E-state index in [2.05, 4.69) is 42.0 Å². The Kier molecular flexibility index (Phi) is 4.35. The van der Waals surface area contributed by atoms with E-state index in [-0.39, 0.29) is 0 Å². The molecule has 8 aromatic rings. The van der Waals surface area contributed by atoms with E-state index in [1.54, 1.807) is 24.8 Å². The second kappa shape index (κ2) is 8.01. The summed E-state index contributed by atoms with van der Waals surface area (Å²) in [7, 11) is 0. The van der Waals surface area contributed by atoms with Crippen LogP contribution in [0.2, 0.25) is 0 Å². The van der Waals surface area contributed by atoms with E-state index in [1.165, 1.54) is 0 Å². The zero-order valence-electron chi connectivity index (χ0n) is 19.7. The first kappa shape index (κ1) is 20.7. The monoisotopic (exact) mass is 492 g/mol. The highest BCUT2D eigenvalue weighted by Crippen LogP contribution is 2.36. The molecule has 0 aliphatic heterocycles. The Morgan fingerprint density at radius 3 is 1.39 bits per heavy atom. The third-order valence-electron chi connectivity index (χ3n) is 6.65. The van der Waals surface area contributed by atoms with Crippen molar-refractivity contribution in [3.63, 3.8) is 0 Å². The minimum absolute atomic E-state index is 0.685. The number of aromatic nitrogens is 6. The maximum Gasteiger partial charge on any atom is 0.163 e. The Balaban J connectivity index is 1.25. The molecule has 0 amide bonds. The molecule has 8 heteroatoms. The predicted molar refractivity (Wildman–Crippen MR) is 144 cm³/mol. The molecule has 0 atom stereocenters. The Bertz CT molecular complexity index is 2010. The second-order valence-electron chi connectivity index (χ2n) is 8.90. The highest BCUT2D eigenvalue weighted by Gasteiger charge is 2.17. The molecule has 0 fully saturated rings. The van der Waals surface area contributed by atoms with Gasteiger partial charge in [0.05, 0.1) is 0 Å². The summed E-state index contributed by atoms with van der Waals surface area (Å²) in [6.45, 7) is 0. The first-order valence-electron chi connectivity index (χ1n) is 12.0. The Morgan fingerprint density at radius 1 is 0.447 bits per heavy atom. The van der Waals surface area contributed by atoms with Crippen LogP contribution in [0.1, 0.15) is 0 Å². The van der Waals surface area contributed by atoms with Crippen LogP contribution in [0.4, 0.5) is 0 Å². The molecule has 0 radical (unpaired) electrons. The molecule has 0 aliphatic carbocycles. The Morgan fingerprint density at radius 2 is 0.895 bits per heavy atom. The standard InChI is InChI=1S/C30H16N6O2/c1-3-23-25(33-7-1)27-29(37-23)21(5-9-35-27)19-11-17(13-31-15-19)18-12-20(16-32-14-18)22-6-10-36-28-26-24(38-30(22)28)4-2-8-34-26/h1-16H. The van der Waals surface area contributed by atoms with Crippen LogP contribution in [0.25, 0.3) is 77.8 Å². The fourth-order valence-electron chi connectivity index (χ4n) is 4.91. The van der Waals surface area contributed by atoms with Gasteiger partial charge in [-0.2, -0.15) is 0 Å². The fourth-order valence-corrected chi connectivity index (χ4v) is 4.91. The number of rotatable bonds is 3. The van der Waals surface area contributed by atoms with Gasteiger partial charge in [-0.3, -0.25) is 29.9 Å². The van der Waals surface area contributed by atoms with Gasteiger partial charge >= 0.3 is 0 Å². The van der Waals surface area contributed by atoms with Gasteiger partial charge in [-0.25, -0.2) is 0 Å². The van der Waals surface area contributed by atoms with Crippen molar-refractivity contribution >= 4 is 44.4 Å². The van der Waals surface area contributed by atoms with Crippen LogP contribution in [0.5, 0.6) is 0 Å². The second-order valence-corrected chi connectivity index (χ2v) is 8.90. The average molecular weight is 492 g/mol. The topological polar surface area (TPSA) is 104 Å². The first-order valence-corrected chi connectivity index (χ1v) is 12.0. The quantitative estimate of drug-likeness (QED) is 0.264. The summed E-state index contributed by atoms with van der Waals surface area (Å²) in [5.74, 6) is 0. The number of nitrogens with zero attached hydrogens (tertiary/aromatic N) is 6.